The molecule has 0 aromatic heterocycles. The van der Waals surface area contributed by atoms with Gasteiger partial charge in [-0.2, -0.15) is 0 Å². The van der Waals surface area contributed by atoms with Crippen molar-refractivity contribution in [2.24, 2.45) is 5.92 Å². The van der Waals surface area contributed by atoms with E-state index in [0.717, 1.165) is 0 Å². The van der Waals surface area contributed by atoms with Crippen molar-refractivity contribution in [1.29, 1.82) is 0 Å². The van der Waals surface area contributed by atoms with E-state index in [1.54, 1.807) is 5.57 Å². The van der Waals surface area contributed by atoms with Gasteiger partial charge < -0.3 is 4.43 Å². The van der Waals surface area contributed by atoms with Gasteiger partial charge in [-0.05, 0) is 48.5 Å². The Morgan fingerprint density at radius 1 is 1.10 bits per heavy atom. The van der Waals surface area contributed by atoms with Crippen molar-refractivity contribution in [3.8, 4) is 0 Å². The summed E-state index contributed by atoms with van der Waals surface area (Å²) in [5, 5.41) is 0. The van der Waals surface area contributed by atoms with E-state index >= 15 is 0 Å². The highest BCUT2D eigenvalue weighted by Crippen LogP contribution is 2.49. The van der Waals surface area contributed by atoms with Crippen LogP contribution >= 0.6 is 0 Å². The Labute approximate surface area is 130 Å². The molecule has 1 aromatic carbocycles. The van der Waals surface area contributed by atoms with Crippen LogP contribution < -0.4 is 0 Å². The normalized spacial score (nSPS) is 24.4. The average molecular weight is 301 g/mol. The lowest BCUT2D eigenvalue weighted by Crippen LogP contribution is -2.39. The molecule has 0 unspecified atom stereocenters. The third-order valence-electron chi connectivity index (χ3n) is 5.78. The van der Waals surface area contributed by atoms with E-state index in [0.29, 0.717) is 12.0 Å². The fourth-order valence-electron chi connectivity index (χ4n) is 4.15. The van der Waals surface area contributed by atoms with E-state index in [1.165, 1.54) is 48.5 Å². The number of hydrogen-bond acceptors (Lipinski definition) is 1. The summed E-state index contributed by atoms with van der Waals surface area (Å²) in [5.41, 5.74) is 4.49. The standard InChI is InChI=1S/C19H28OSi/c1-4-21(5-2,6-3)20-19-17-12-8-7-10-15(17)14-16-11-9-13-18(16)19/h7-8,10,12,14,18-19H,4-6,9,11,13H2,1-3H3/t18-,19+/m1/s1. The van der Waals surface area contributed by atoms with Crippen LogP contribution in [0.3, 0.4) is 0 Å². The molecule has 1 fully saturated rings. The van der Waals surface area contributed by atoms with Crippen LogP contribution in [0.5, 0.6) is 0 Å². The van der Waals surface area contributed by atoms with Gasteiger partial charge in [-0.1, -0.05) is 56.7 Å². The summed E-state index contributed by atoms with van der Waals surface area (Å²) in [6.07, 6.45) is 6.70. The maximum Gasteiger partial charge on any atom is 0.192 e. The largest absolute Gasteiger partial charge is 0.409 e. The summed E-state index contributed by atoms with van der Waals surface area (Å²) < 4.78 is 6.97. The third-order valence-corrected chi connectivity index (χ3v) is 10.4. The first-order valence-corrected chi connectivity index (χ1v) is 11.2. The number of hydrogen-bond donors (Lipinski definition) is 0. The number of benzene rings is 1. The molecule has 0 radical (unpaired) electrons. The highest BCUT2D eigenvalue weighted by atomic mass is 28.4. The lowest BCUT2D eigenvalue weighted by molar-refractivity contribution is 0.140. The average Bonchev–Trinajstić information content (AvgIpc) is 3.00. The molecular weight excluding hydrogens is 272 g/mol. The Morgan fingerprint density at radius 2 is 1.81 bits per heavy atom. The van der Waals surface area contributed by atoms with E-state index in [9.17, 15) is 0 Å². The number of rotatable bonds is 5. The fourth-order valence-corrected chi connectivity index (χ4v) is 6.98. The summed E-state index contributed by atoms with van der Waals surface area (Å²) in [5.74, 6) is 0.649. The molecule has 1 saturated carbocycles. The fraction of sp³-hybridized carbons (Fsp3) is 0.579. The highest BCUT2D eigenvalue weighted by Gasteiger charge is 2.40. The molecule has 0 spiro atoms. The zero-order valence-electron chi connectivity index (χ0n) is 13.7. The smallest absolute Gasteiger partial charge is 0.192 e. The molecule has 114 valence electrons. The van der Waals surface area contributed by atoms with Crippen molar-refractivity contribution in [2.45, 2.75) is 64.3 Å². The summed E-state index contributed by atoms with van der Waals surface area (Å²) in [4.78, 5) is 0. The van der Waals surface area contributed by atoms with Crippen LogP contribution in [-0.4, -0.2) is 8.32 Å². The monoisotopic (exact) mass is 300 g/mol. The van der Waals surface area contributed by atoms with Gasteiger partial charge in [0.2, 0.25) is 0 Å². The molecule has 2 atom stereocenters. The second-order valence-corrected chi connectivity index (χ2v) is 11.4. The van der Waals surface area contributed by atoms with E-state index in [2.05, 4.69) is 51.1 Å². The first-order valence-electron chi connectivity index (χ1n) is 8.70. The molecule has 21 heavy (non-hydrogen) atoms. The van der Waals surface area contributed by atoms with E-state index in [1.807, 2.05) is 0 Å². The summed E-state index contributed by atoms with van der Waals surface area (Å²) in [7, 11) is -1.56. The number of fused-ring (bicyclic) bond motifs is 2. The van der Waals surface area contributed by atoms with Crippen LogP contribution in [-0.2, 0) is 4.43 Å². The Hall–Kier alpha value is -0.863. The SMILES string of the molecule is CC[Si](CC)(CC)O[C@H]1c2ccccc2C=C2CCC[C@H]21. The Bertz CT molecular complexity index is 522. The van der Waals surface area contributed by atoms with E-state index in [4.69, 9.17) is 4.43 Å². The first-order chi connectivity index (χ1) is 10.2. The van der Waals surface area contributed by atoms with Crippen molar-refractivity contribution in [2.75, 3.05) is 0 Å². The van der Waals surface area contributed by atoms with Gasteiger partial charge in [-0.15, -0.1) is 0 Å². The molecule has 0 saturated heterocycles. The summed E-state index contributed by atoms with van der Waals surface area (Å²) in [6.45, 7) is 7.00. The molecule has 3 rings (SSSR count). The summed E-state index contributed by atoms with van der Waals surface area (Å²) in [6, 6.07) is 12.6. The molecule has 2 aliphatic carbocycles. The lowest BCUT2D eigenvalue weighted by Gasteiger charge is -2.39. The summed E-state index contributed by atoms with van der Waals surface area (Å²) >= 11 is 0. The van der Waals surface area contributed by atoms with Crippen LogP contribution in [0.25, 0.3) is 6.08 Å². The van der Waals surface area contributed by atoms with Gasteiger partial charge in [0.05, 0.1) is 6.10 Å². The van der Waals surface area contributed by atoms with Gasteiger partial charge in [0.15, 0.2) is 8.32 Å². The maximum absolute atomic E-state index is 6.97. The molecule has 0 N–H and O–H groups in total. The predicted molar refractivity (Wildman–Crippen MR) is 92.8 cm³/mol. The molecule has 2 aliphatic rings. The Morgan fingerprint density at radius 3 is 2.52 bits per heavy atom. The minimum absolute atomic E-state index is 0.329. The second kappa shape index (κ2) is 6.10. The van der Waals surface area contributed by atoms with Crippen LogP contribution in [0, 0.1) is 5.92 Å². The molecule has 0 amide bonds. The topological polar surface area (TPSA) is 9.23 Å². The van der Waals surface area contributed by atoms with Gasteiger partial charge in [0.1, 0.15) is 0 Å². The minimum atomic E-state index is -1.56. The zero-order valence-corrected chi connectivity index (χ0v) is 14.7. The molecule has 0 heterocycles. The third kappa shape index (κ3) is 2.64. The van der Waals surface area contributed by atoms with Crippen LogP contribution in [0.1, 0.15) is 57.3 Å². The van der Waals surface area contributed by atoms with Crippen LogP contribution in [0.2, 0.25) is 18.1 Å². The molecule has 0 aliphatic heterocycles. The van der Waals surface area contributed by atoms with Crippen molar-refractivity contribution in [3.05, 3.63) is 41.0 Å². The predicted octanol–water partition coefficient (Wildman–Crippen LogP) is 5.95. The molecule has 1 aromatic rings. The van der Waals surface area contributed by atoms with Gasteiger partial charge >= 0.3 is 0 Å². The van der Waals surface area contributed by atoms with Gasteiger partial charge in [-0.3, -0.25) is 0 Å². The minimum Gasteiger partial charge on any atom is -0.409 e. The van der Waals surface area contributed by atoms with Crippen LogP contribution in [0.4, 0.5) is 0 Å². The van der Waals surface area contributed by atoms with Crippen molar-refractivity contribution < 1.29 is 4.43 Å². The molecule has 2 heteroatoms. The van der Waals surface area contributed by atoms with Crippen molar-refractivity contribution >= 4 is 14.4 Å². The quantitative estimate of drug-likeness (QED) is 0.611. The van der Waals surface area contributed by atoms with Gasteiger partial charge in [0.25, 0.3) is 0 Å². The van der Waals surface area contributed by atoms with Crippen LogP contribution in [0.15, 0.2) is 29.8 Å². The molecule has 1 nitrogen and oxygen atoms in total. The highest BCUT2D eigenvalue weighted by molar-refractivity contribution is 6.73. The van der Waals surface area contributed by atoms with E-state index in [-0.39, 0.29) is 0 Å². The zero-order chi connectivity index (χ0) is 14.9. The Balaban J connectivity index is 1.98. The maximum atomic E-state index is 6.97. The van der Waals surface area contributed by atoms with Gasteiger partial charge in [0, 0.05) is 5.92 Å². The molecular formula is C19H28OSi. The van der Waals surface area contributed by atoms with Gasteiger partial charge in [-0.25, -0.2) is 0 Å². The first kappa shape index (κ1) is 15.0. The second-order valence-electron chi connectivity index (χ2n) is 6.63. The van der Waals surface area contributed by atoms with Crippen molar-refractivity contribution in [3.63, 3.8) is 0 Å². The Kier molecular flexibility index (Phi) is 4.37. The van der Waals surface area contributed by atoms with Crippen molar-refractivity contribution in [1.82, 2.24) is 0 Å². The molecule has 0 bridgehead atoms. The lowest BCUT2D eigenvalue weighted by atomic mass is 9.83. The van der Waals surface area contributed by atoms with E-state index < -0.39 is 8.32 Å².